The van der Waals surface area contributed by atoms with Crippen LogP contribution < -0.4 is 0 Å². The van der Waals surface area contributed by atoms with Crippen molar-refractivity contribution in [2.75, 3.05) is 0 Å². The first-order valence-corrected chi connectivity index (χ1v) is 6.29. The zero-order valence-electron chi connectivity index (χ0n) is 6.02. The Morgan fingerprint density at radius 2 is 1.50 bits per heavy atom. The molecule has 0 aliphatic rings. The summed E-state index contributed by atoms with van der Waals surface area (Å²) < 4.78 is 0.0486. The smallest absolute Gasteiger partial charge is 0.191 e. The molecule has 0 aliphatic heterocycles. The minimum absolute atomic E-state index is 0.0486. The highest BCUT2D eigenvalue weighted by Gasteiger charge is 2.33. The summed E-state index contributed by atoms with van der Waals surface area (Å²) in [7, 11) is 0.777. The Morgan fingerprint density at radius 1 is 1.38 bits per heavy atom. The summed E-state index contributed by atoms with van der Waals surface area (Å²) in [6.07, 6.45) is 0. The predicted octanol–water partition coefficient (Wildman–Crippen LogP) is 1.38. The highest BCUT2D eigenvalue weighted by Crippen LogP contribution is 2.26. The normalized spacial score (nSPS) is 14.2. The minimum atomic E-state index is -1.90. The van der Waals surface area contributed by atoms with E-state index >= 15 is 0 Å². The van der Waals surface area contributed by atoms with Crippen molar-refractivity contribution in [3.05, 3.63) is 0 Å². The fraction of sp³-hybridized carbons (Fsp3) is 1.00. The molecule has 0 saturated carbocycles. The summed E-state index contributed by atoms with van der Waals surface area (Å²) in [6, 6.07) is 0. The molecular formula is C5H15OPSi. The summed E-state index contributed by atoms with van der Waals surface area (Å²) >= 11 is 0. The molecule has 0 rings (SSSR count). The van der Waals surface area contributed by atoms with Crippen LogP contribution in [0.4, 0.5) is 0 Å². The van der Waals surface area contributed by atoms with Gasteiger partial charge in [0.25, 0.3) is 0 Å². The SMILES string of the molecule is CC(C)(P)[Si](C)(C)O. The van der Waals surface area contributed by atoms with E-state index in [1.807, 2.05) is 26.9 Å². The van der Waals surface area contributed by atoms with Crippen molar-refractivity contribution in [2.45, 2.75) is 31.7 Å². The first kappa shape index (κ1) is 8.61. The zero-order chi connectivity index (χ0) is 7.00. The molecule has 1 nitrogen and oxygen atoms in total. The van der Waals surface area contributed by atoms with E-state index in [1.54, 1.807) is 0 Å². The highest BCUT2D eigenvalue weighted by atomic mass is 31.0. The Labute approximate surface area is 54.8 Å². The van der Waals surface area contributed by atoms with E-state index in [4.69, 9.17) is 0 Å². The van der Waals surface area contributed by atoms with Crippen LogP contribution in [0.5, 0.6) is 0 Å². The lowest BCUT2D eigenvalue weighted by Crippen LogP contribution is -2.45. The maximum atomic E-state index is 9.47. The van der Waals surface area contributed by atoms with Gasteiger partial charge in [-0.05, 0) is 17.9 Å². The van der Waals surface area contributed by atoms with Crippen LogP contribution in [0.2, 0.25) is 13.1 Å². The monoisotopic (exact) mass is 150 g/mol. The van der Waals surface area contributed by atoms with Crippen molar-refractivity contribution in [3.63, 3.8) is 0 Å². The third kappa shape index (κ3) is 2.25. The Morgan fingerprint density at radius 3 is 1.50 bits per heavy atom. The lowest BCUT2D eigenvalue weighted by Gasteiger charge is -2.30. The van der Waals surface area contributed by atoms with Crippen molar-refractivity contribution in [2.24, 2.45) is 0 Å². The fourth-order valence-electron chi connectivity index (χ4n) is 0. The van der Waals surface area contributed by atoms with Gasteiger partial charge >= 0.3 is 0 Å². The molecule has 0 heterocycles. The van der Waals surface area contributed by atoms with Gasteiger partial charge in [0.15, 0.2) is 8.32 Å². The van der Waals surface area contributed by atoms with E-state index in [0.29, 0.717) is 0 Å². The molecule has 1 atom stereocenters. The quantitative estimate of drug-likeness (QED) is 0.442. The Balaban J connectivity index is 4.02. The number of rotatable bonds is 1. The summed E-state index contributed by atoms with van der Waals surface area (Å²) in [4.78, 5) is 9.47. The number of hydrogen-bond acceptors (Lipinski definition) is 1. The maximum absolute atomic E-state index is 9.47. The first-order valence-electron chi connectivity index (χ1n) is 2.76. The Hall–Kier alpha value is 0.607. The largest absolute Gasteiger partial charge is 0.431 e. The minimum Gasteiger partial charge on any atom is -0.431 e. The lowest BCUT2D eigenvalue weighted by molar-refractivity contribution is 0.525. The van der Waals surface area contributed by atoms with Crippen LogP contribution in [0.15, 0.2) is 0 Å². The fourth-order valence-corrected chi connectivity index (χ4v) is 0. The summed E-state index contributed by atoms with van der Waals surface area (Å²) in [6.45, 7) is 7.98. The molecule has 1 N–H and O–H groups in total. The van der Waals surface area contributed by atoms with Gasteiger partial charge in [-0.3, -0.25) is 0 Å². The topological polar surface area (TPSA) is 20.2 Å². The van der Waals surface area contributed by atoms with Gasteiger partial charge in [-0.25, -0.2) is 0 Å². The van der Waals surface area contributed by atoms with Crippen LogP contribution >= 0.6 is 9.24 Å². The standard InChI is InChI=1S/C5H15OPSi/c1-5(2,7)8(3,4)6/h6H,7H2,1-4H3. The molecule has 0 radical (unpaired) electrons. The molecule has 0 saturated heterocycles. The van der Waals surface area contributed by atoms with Gasteiger partial charge in [-0.15, -0.1) is 9.24 Å². The van der Waals surface area contributed by atoms with Gasteiger partial charge in [0, 0.05) is 0 Å². The molecule has 0 aromatic heterocycles. The van der Waals surface area contributed by atoms with Gasteiger partial charge in [0.05, 0.1) is 0 Å². The molecule has 1 unspecified atom stereocenters. The summed E-state index contributed by atoms with van der Waals surface area (Å²) in [5.41, 5.74) is 0. The van der Waals surface area contributed by atoms with Crippen LogP contribution in [-0.2, 0) is 0 Å². The molecule has 0 aliphatic carbocycles. The van der Waals surface area contributed by atoms with E-state index in [0.717, 1.165) is 0 Å². The summed E-state index contributed by atoms with van der Waals surface area (Å²) in [5.74, 6) is 0. The molecule has 0 amide bonds. The zero-order valence-corrected chi connectivity index (χ0v) is 8.18. The lowest BCUT2D eigenvalue weighted by atomic mass is 10.5. The second kappa shape index (κ2) is 2.09. The molecule has 0 fully saturated rings. The predicted molar refractivity (Wildman–Crippen MR) is 43.5 cm³/mol. The average Bonchev–Trinajstić information content (AvgIpc) is 1.25. The van der Waals surface area contributed by atoms with Crippen molar-refractivity contribution in [1.29, 1.82) is 0 Å². The second-order valence-corrected chi connectivity index (χ2v) is 9.71. The molecule has 0 aromatic carbocycles. The van der Waals surface area contributed by atoms with E-state index in [9.17, 15) is 4.80 Å². The highest BCUT2D eigenvalue weighted by molar-refractivity contribution is 7.26. The first-order chi connectivity index (χ1) is 3.25. The van der Waals surface area contributed by atoms with Crippen LogP contribution in [0.25, 0.3) is 0 Å². The van der Waals surface area contributed by atoms with Crippen molar-refractivity contribution >= 4 is 17.6 Å². The molecule has 0 bridgehead atoms. The second-order valence-electron chi connectivity index (χ2n) is 3.28. The van der Waals surface area contributed by atoms with Gasteiger partial charge in [0.2, 0.25) is 0 Å². The molecule has 3 heteroatoms. The molecule has 0 aromatic rings. The summed E-state index contributed by atoms with van der Waals surface area (Å²) in [5, 5.41) is 0. The van der Waals surface area contributed by atoms with Crippen LogP contribution in [0.3, 0.4) is 0 Å². The van der Waals surface area contributed by atoms with Crippen LogP contribution in [0.1, 0.15) is 13.8 Å². The Kier molecular flexibility index (Phi) is 2.25. The van der Waals surface area contributed by atoms with E-state index < -0.39 is 8.32 Å². The van der Waals surface area contributed by atoms with Crippen LogP contribution in [-0.4, -0.2) is 17.9 Å². The van der Waals surface area contributed by atoms with Gasteiger partial charge < -0.3 is 4.80 Å². The third-order valence-corrected chi connectivity index (χ3v) is 6.85. The third-order valence-electron chi connectivity index (χ3n) is 1.58. The van der Waals surface area contributed by atoms with Crippen molar-refractivity contribution < 1.29 is 4.80 Å². The van der Waals surface area contributed by atoms with Crippen molar-refractivity contribution in [3.8, 4) is 0 Å². The van der Waals surface area contributed by atoms with Gasteiger partial charge in [0.1, 0.15) is 0 Å². The van der Waals surface area contributed by atoms with E-state index in [-0.39, 0.29) is 4.78 Å². The van der Waals surface area contributed by atoms with E-state index in [1.165, 1.54) is 0 Å². The number of hydrogen-bond donors (Lipinski definition) is 1. The molecule has 50 valence electrons. The molecular weight excluding hydrogens is 135 g/mol. The molecule has 0 spiro atoms. The van der Waals surface area contributed by atoms with Gasteiger partial charge in [-0.1, -0.05) is 13.8 Å². The molecule has 8 heavy (non-hydrogen) atoms. The van der Waals surface area contributed by atoms with E-state index in [2.05, 4.69) is 9.24 Å². The van der Waals surface area contributed by atoms with Gasteiger partial charge in [-0.2, -0.15) is 0 Å². The maximum Gasteiger partial charge on any atom is 0.191 e. The van der Waals surface area contributed by atoms with Crippen molar-refractivity contribution in [1.82, 2.24) is 0 Å². The average molecular weight is 150 g/mol. The van der Waals surface area contributed by atoms with Crippen LogP contribution in [0, 0.1) is 0 Å². The Bertz CT molecular complexity index is 67.4.